The van der Waals surface area contributed by atoms with E-state index in [1.165, 1.54) is 14.2 Å². The summed E-state index contributed by atoms with van der Waals surface area (Å²) in [5.74, 6) is -2.18. The Hall–Kier alpha value is -5.17. The first-order chi connectivity index (χ1) is 25.6. The molecule has 0 unspecified atom stereocenters. The second-order valence-corrected chi connectivity index (χ2v) is 12.1. The van der Waals surface area contributed by atoms with Gasteiger partial charge in [0.25, 0.3) is 5.76 Å². The van der Waals surface area contributed by atoms with Crippen molar-refractivity contribution in [3.05, 3.63) is 161 Å². The number of ether oxygens (including phenoxy) is 7. The molecule has 1 saturated heterocycles. The lowest BCUT2D eigenvalue weighted by Gasteiger charge is -2.45. The average molecular weight is 708 g/mol. The van der Waals surface area contributed by atoms with Crippen molar-refractivity contribution in [1.29, 1.82) is 0 Å². The number of esters is 2. The van der Waals surface area contributed by atoms with E-state index in [-0.39, 0.29) is 37.7 Å². The summed E-state index contributed by atoms with van der Waals surface area (Å²) < 4.78 is 48.6. The van der Waals surface area contributed by atoms with E-state index in [1.54, 1.807) is 0 Å². The largest absolute Gasteiger partial charge is 0.465 e. The summed E-state index contributed by atoms with van der Waals surface area (Å²) in [6.45, 7) is 1.00. The lowest BCUT2D eigenvalue weighted by atomic mass is 9.91. The van der Waals surface area contributed by atoms with Gasteiger partial charge in [0, 0.05) is 0 Å². The van der Waals surface area contributed by atoms with Crippen LogP contribution in [0, 0.1) is 0 Å². The SMILES string of the molecule is COC(=O)c1onc([C@@H]2O[C@H](COCc3ccccc3)[C@@H](OCc3ccccc3)[C@H](OCc3ccccc3)[C@H]2OCc2ccccc2)c1C(=O)OC. The molecule has 0 saturated carbocycles. The number of carbonyl (C=O) groups is 2. The maximum Gasteiger partial charge on any atom is 0.377 e. The maximum absolute atomic E-state index is 13.3. The monoisotopic (exact) mass is 707 g/mol. The Labute approximate surface area is 302 Å². The Kier molecular flexibility index (Phi) is 12.9. The quantitative estimate of drug-likeness (QED) is 0.102. The standard InChI is InChI=1S/C41H41NO10/c1-45-40(43)33-34(42-52-36(33)41(44)46-2)37-39(50-26-31-21-13-6-14-22-31)38(49-25-30-19-11-5-12-20-30)35(48-24-29-17-9-4-10-18-29)32(51-37)27-47-23-28-15-7-3-8-16-28/h3-22,32,35,37-39H,23-27H2,1-2H3/t32-,35-,37+,38+,39+/m1/s1. The van der Waals surface area contributed by atoms with E-state index in [0.717, 1.165) is 22.3 Å². The highest BCUT2D eigenvalue weighted by Crippen LogP contribution is 2.40. The fraction of sp³-hybridized carbons (Fsp3) is 0.293. The van der Waals surface area contributed by atoms with Crippen molar-refractivity contribution < 1.29 is 47.3 Å². The first-order valence-electron chi connectivity index (χ1n) is 17.0. The Bertz CT molecular complexity index is 1840. The minimum absolute atomic E-state index is 0.00630. The van der Waals surface area contributed by atoms with Crippen molar-refractivity contribution >= 4 is 11.9 Å². The van der Waals surface area contributed by atoms with E-state index in [0.29, 0.717) is 6.61 Å². The van der Waals surface area contributed by atoms with Crippen molar-refractivity contribution in [2.45, 2.75) is 56.9 Å². The summed E-state index contributed by atoms with van der Waals surface area (Å²) in [4.78, 5) is 26.1. The lowest BCUT2D eigenvalue weighted by Crippen LogP contribution is -2.58. The number of hydrogen-bond donors (Lipinski definition) is 0. The second-order valence-electron chi connectivity index (χ2n) is 12.1. The van der Waals surface area contributed by atoms with Crippen LogP contribution >= 0.6 is 0 Å². The number of carbonyl (C=O) groups excluding carboxylic acids is 2. The molecule has 0 aliphatic carbocycles. The molecule has 0 spiro atoms. The Morgan fingerprint density at radius 2 is 1.02 bits per heavy atom. The van der Waals surface area contributed by atoms with Gasteiger partial charge in [0.2, 0.25) is 0 Å². The van der Waals surface area contributed by atoms with Crippen LogP contribution in [0.4, 0.5) is 0 Å². The molecule has 270 valence electrons. The fourth-order valence-corrected chi connectivity index (χ4v) is 6.04. The van der Waals surface area contributed by atoms with Crippen LogP contribution in [0.3, 0.4) is 0 Å². The highest BCUT2D eigenvalue weighted by atomic mass is 16.6. The Morgan fingerprint density at radius 1 is 0.577 bits per heavy atom. The predicted molar refractivity (Wildman–Crippen MR) is 188 cm³/mol. The first kappa shape index (κ1) is 36.6. The summed E-state index contributed by atoms with van der Waals surface area (Å²) in [6, 6.07) is 38.9. The summed E-state index contributed by atoms with van der Waals surface area (Å²) in [5, 5.41) is 4.20. The van der Waals surface area contributed by atoms with Crippen LogP contribution in [0.1, 0.15) is 55.0 Å². The Balaban J connectivity index is 1.42. The molecule has 0 bridgehead atoms. The van der Waals surface area contributed by atoms with Gasteiger partial charge in [-0.2, -0.15) is 0 Å². The molecule has 0 amide bonds. The topological polar surface area (TPSA) is 125 Å². The molecule has 11 nitrogen and oxygen atoms in total. The molecule has 0 N–H and O–H groups in total. The molecule has 1 aliphatic heterocycles. The van der Waals surface area contributed by atoms with Crippen molar-refractivity contribution in [3.8, 4) is 0 Å². The van der Waals surface area contributed by atoms with E-state index >= 15 is 0 Å². The van der Waals surface area contributed by atoms with Crippen LogP contribution < -0.4 is 0 Å². The molecule has 52 heavy (non-hydrogen) atoms. The molecule has 5 atom stereocenters. The molecular weight excluding hydrogens is 666 g/mol. The van der Waals surface area contributed by atoms with E-state index in [9.17, 15) is 9.59 Å². The minimum Gasteiger partial charge on any atom is -0.465 e. The molecule has 4 aromatic carbocycles. The molecule has 1 aromatic heterocycles. The highest BCUT2D eigenvalue weighted by Gasteiger charge is 2.51. The van der Waals surface area contributed by atoms with Crippen molar-refractivity contribution in [1.82, 2.24) is 5.16 Å². The van der Waals surface area contributed by atoms with Crippen LogP contribution in [-0.2, 0) is 59.6 Å². The van der Waals surface area contributed by atoms with Gasteiger partial charge in [0.05, 0.1) is 47.3 Å². The molecular formula is C41H41NO10. The van der Waals surface area contributed by atoms with Gasteiger partial charge >= 0.3 is 11.9 Å². The number of benzene rings is 4. The lowest BCUT2D eigenvalue weighted by molar-refractivity contribution is -0.276. The van der Waals surface area contributed by atoms with Crippen LogP contribution in [0.25, 0.3) is 0 Å². The van der Waals surface area contributed by atoms with E-state index < -0.39 is 48.2 Å². The summed E-state index contributed by atoms with van der Waals surface area (Å²) >= 11 is 0. The van der Waals surface area contributed by atoms with E-state index in [1.807, 2.05) is 121 Å². The zero-order chi connectivity index (χ0) is 36.1. The average Bonchev–Trinajstić information content (AvgIpc) is 3.65. The van der Waals surface area contributed by atoms with Crippen LogP contribution in [0.15, 0.2) is 126 Å². The van der Waals surface area contributed by atoms with Gasteiger partial charge in [-0.15, -0.1) is 0 Å². The molecule has 6 rings (SSSR count). The number of methoxy groups -OCH3 is 2. The van der Waals surface area contributed by atoms with Gasteiger partial charge in [-0.3, -0.25) is 0 Å². The third-order valence-electron chi connectivity index (χ3n) is 8.63. The number of rotatable bonds is 16. The van der Waals surface area contributed by atoms with E-state index in [2.05, 4.69) is 5.16 Å². The zero-order valence-corrected chi connectivity index (χ0v) is 29.0. The van der Waals surface area contributed by atoms with Gasteiger partial charge in [0.1, 0.15) is 41.8 Å². The van der Waals surface area contributed by atoms with Crippen LogP contribution in [0.5, 0.6) is 0 Å². The van der Waals surface area contributed by atoms with Gasteiger partial charge in [0.15, 0.2) is 0 Å². The summed E-state index contributed by atoms with van der Waals surface area (Å²) in [5.41, 5.74) is 3.50. The summed E-state index contributed by atoms with van der Waals surface area (Å²) in [7, 11) is 2.38. The third-order valence-corrected chi connectivity index (χ3v) is 8.63. The molecule has 1 fully saturated rings. The maximum atomic E-state index is 13.3. The highest BCUT2D eigenvalue weighted by molar-refractivity contribution is 6.02. The van der Waals surface area contributed by atoms with Crippen molar-refractivity contribution in [2.75, 3.05) is 20.8 Å². The molecule has 0 radical (unpaired) electrons. The number of hydrogen-bond acceptors (Lipinski definition) is 11. The Morgan fingerprint density at radius 3 is 1.50 bits per heavy atom. The number of nitrogens with zero attached hydrogens (tertiary/aromatic N) is 1. The van der Waals surface area contributed by atoms with Gasteiger partial charge in [-0.25, -0.2) is 9.59 Å². The van der Waals surface area contributed by atoms with Crippen molar-refractivity contribution in [3.63, 3.8) is 0 Å². The zero-order valence-electron chi connectivity index (χ0n) is 29.0. The van der Waals surface area contributed by atoms with Gasteiger partial charge in [-0.1, -0.05) is 126 Å². The van der Waals surface area contributed by atoms with Crippen LogP contribution in [-0.4, -0.2) is 62.3 Å². The van der Waals surface area contributed by atoms with Gasteiger partial charge in [-0.05, 0) is 22.3 Å². The minimum atomic E-state index is -1.11. The normalized spacial score (nSPS) is 19.9. The molecule has 1 aliphatic rings. The third kappa shape index (κ3) is 9.19. The second kappa shape index (κ2) is 18.4. The van der Waals surface area contributed by atoms with E-state index in [4.69, 9.17) is 37.7 Å². The van der Waals surface area contributed by atoms with Crippen molar-refractivity contribution in [2.24, 2.45) is 0 Å². The predicted octanol–water partition coefficient (Wildman–Crippen LogP) is 6.66. The molecule has 5 aromatic rings. The number of aromatic nitrogens is 1. The molecule has 2 heterocycles. The van der Waals surface area contributed by atoms with Gasteiger partial charge < -0.3 is 37.7 Å². The molecule has 11 heteroatoms. The summed E-state index contributed by atoms with van der Waals surface area (Å²) in [6.07, 6.45) is -4.35. The van der Waals surface area contributed by atoms with Crippen LogP contribution in [0.2, 0.25) is 0 Å². The first-order valence-corrected chi connectivity index (χ1v) is 17.0. The fourth-order valence-electron chi connectivity index (χ4n) is 6.04. The smallest absolute Gasteiger partial charge is 0.377 e.